The number of aromatic nitrogens is 1. The Labute approximate surface area is 127 Å². The lowest BCUT2D eigenvalue weighted by molar-refractivity contribution is -0.340. The predicted molar refractivity (Wildman–Crippen MR) is 85.5 cm³/mol. The molecule has 1 aromatic heterocycles. The van der Waals surface area contributed by atoms with E-state index in [1.807, 2.05) is 18.2 Å². The molecular weight excluding hydrogens is 280 g/mol. The first-order valence-electron chi connectivity index (χ1n) is 6.83. The summed E-state index contributed by atoms with van der Waals surface area (Å²) in [7, 11) is 1.71. The minimum atomic E-state index is 0.777. The van der Waals surface area contributed by atoms with E-state index in [2.05, 4.69) is 29.2 Å². The fourth-order valence-corrected chi connectivity index (χ4v) is 3.86. The van der Waals surface area contributed by atoms with Crippen LogP contribution in [0.3, 0.4) is 0 Å². The fourth-order valence-electron chi connectivity index (χ4n) is 2.95. The summed E-state index contributed by atoms with van der Waals surface area (Å²) in [4.78, 5) is 4.59. The fraction of sp³-hybridized carbons (Fsp3) is 0.118. The van der Waals surface area contributed by atoms with E-state index >= 15 is 0 Å². The Morgan fingerprint density at radius 1 is 1.14 bits per heavy atom. The van der Waals surface area contributed by atoms with Crippen molar-refractivity contribution in [2.45, 2.75) is 6.42 Å². The number of hydrogen-bond donors (Lipinski definition) is 1. The first-order valence-corrected chi connectivity index (χ1v) is 7.65. The van der Waals surface area contributed by atoms with Crippen LogP contribution in [0.1, 0.15) is 10.4 Å². The Morgan fingerprint density at radius 2 is 2.00 bits per heavy atom. The maximum Gasteiger partial charge on any atom is 0.330 e. The van der Waals surface area contributed by atoms with Gasteiger partial charge in [-0.05, 0) is 29.3 Å². The summed E-state index contributed by atoms with van der Waals surface area (Å²) in [5, 5.41) is 0.777. The molecule has 0 saturated heterocycles. The minimum absolute atomic E-state index is 0.777. The molecule has 4 heteroatoms. The number of aromatic amines is 1. The lowest BCUT2D eigenvalue weighted by Crippen LogP contribution is -2.06. The summed E-state index contributed by atoms with van der Waals surface area (Å²) in [5.41, 5.74) is 12.0. The van der Waals surface area contributed by atoms with Gasteiger partial charge in [-0.15, -0.1) is 0 Å². The highest BCUT2D eigenvalue weighted by atomic mass is 32.1. The van der Waals surface area contributed by atoms with Crippen LogP contribution in [0.5, 0.6) is 5.75 Å². The van der Waals surface area contributed by atoms with Gasteiger partial charge < -0.3 is 4.74 Å². The average molecular weight is 295 g/mol. The largest absolute Gasteiger partial charge is 0.496 e. The third kappa shape index (κ3) is 1.91. The highest BCUT2D eigenvalue weighted by molar-refractivity contribution is 7.15. The molecule has 0 bridgehead atoms. The normalized spacial score (nSPS) is 12.0. The van der Waals surface area contributed by atoms with Crippen LogP contribution in [0.4, 0.5) is 5.13 Å². The average Bonchev–Trinajstić information content (AvgIpc) is 3.02. The summed E-state index contributed by atoms with van der Waals surface area (Å²) in [6, 6.07) is 14.7. The minimum Gasteiger partial charge on any atom is -0.496 e. The van der Waals surface area contributed by atoms with Crippen LogP contribution >= 0.6 is 11.3 Å². The molecule has 4 rings (SSSR count). The van der Waals surface area contributed by atoms with Gasteiger partial charge in [0.2, 0.25) is 0 Å². The van der Waals surface area contributed by atoms with Crippen LogP contribution in [-0.4, -0.2) is 7.11 Å². The van der Waals surface area contributed by atoms with E-state index in [4.69, 9.17) is 10.5 Å². The maximum atomic E-state index is 5.85. The topological polar surface area (TPSA) is 49.4 Å². The number of nitrogens with two attached hydrogens (primary N) is 1. The van der Waals surface area contributed by atoms with Crippen LogP contribution in [0, 0.1) is 0 Å². The SMILES string of the molecule is COc1ccccc1-c1ccc2c(c1)Cc1sc(N)[nH+]c1-2. The molecule has 21 heavy (non-hydrogen) atoms. The number of nitrogen functional groups attached to an aromatic ring is 1. The van der Waals surface area contributed by atoms with Crippen molar-refractivity contribution < 1.29 is 9.72 Å². The molecule has 3 N–H and O–H groups in total. The van der Waals surface area contributed by atoms with E-state index in [0.29, 0.717) is 0 Å². The first kappa shape index (κ1) is 12.4. The Hall–Kier alpha value is -2.33. The van der Waals surface area contributed by atoms with Crippen LogP contribution < -0.4 is 15.5 Å². The molecule has 0 radical (unpaired) electrons. The van der Waals surface area contributed by atoms with Crippen molar-refractivity contribution >= 4 is 16.5 Å². The first-order chi connectivity index (χ1) is 10.3. The molecular formula is C17H15N2OS+. The van der Waals surface area contributed by atoms with Gasteiger partial charge in [0, 0.05) is 17.5 Å². The molecule has 2 aromatic carbocycles. The Balaban J connectivity index is 1.82. The van der Waals surface area contributed by atoms with E-state index in [1.165, 1.54) is 27.3 Å². The molecule has 0 spiro atoms. The van der Waals surface area contributed by atoms with E-state index in [-0.39, 0.29) is 0 Å². The number of ether oxygens (including phenoxy) is 1. The Morgan fingerprint density at radius 3 is 2.86 bits per heavy atom. The van der Waals surface area contributed by atoms with Crippen molar-refractivity contribution in [3.05, 3.63) is 52.9 Å². The molecule has 0 aliphatic heterocycles. The number of thiazole rings is 1. The van der Waals surface area contributed by atoms with Gasteiger partial charge in [0.1, 0.15) is 11.4 Å². The zero-order valence-corrected chi connectivity index (χ0v) is 12.5. The van der Waals surface area contributed by atoms with Gasteiger partial charge in [0.15, 0.2) is 0 Å². The zero-order valence-electron chi connectivity index (χ0n) is 11.6. The predicted octanol–water partition coefficient (Wildman–Crippen LogP) is 3.39. The summed E-state index contributed by atoms with van der Waals surface area (Å²) >= 11 is 1.64. The number of hydrogen-bond acceptors (Lipinski definition) is 3. The highest BCUT2D eigenvalue weighted by Crippen LogP contribution is 2.40. The van der Waals surface area contributed by atoms with Gasteiger partial charge in [-0.25, -0.2) is 4.98 Å². The van der Waals surface area contributed by atoms with Crippen molar-refractivity contribution in [1.82, 2.24) is 0 Å². The number of rotatable bonds is 2. The Bertz CT molecular complexity index is 839. The number of anilines is 1. The summed E-state index contributed by atoms with van der Waals surface area (Å²) < 4.78 is 5.46. The van der Waals surface area contributed by atoms with Crippen molar-refractivity contribution in [1.29, 1.82) is 0 Å². The molecule has 0 saturated carbocycles. The molecule has 0 unspecified atom stereocenters. The van der Waals surface area contributed by atoms with Gasteiger partial charge in [-0.3, -0.25) is 5.73 Å². The van der Waals surface area contributed by atoms with Crippen molar-refractivity contribution in [2.24, 2.45) is 0 Å². The standard InChI is InChI=1S/C17H14N2OS/c1-20-14-5-3-2-4-12(14)10-6-7-13-11(8-10)9-15-16(13)19-17(18)21-15/h2-8H,9H2,1H3,(H2,18,19)/p+1. The van der Waals surface area contributed by atoms with Crippen LogP contribution in [-0.2, 0) is 6.42 Å². The van der Waals surface area contributed by atoms with Crippen molar-refractivity contribution in [2.75, 3.05) is 12.8 Å². The smallest absolute Gasteiger partial charge is 0.330 e. The van der Waals surface area contributed by atoms with Gasteiger partial charge >= 0.3 is 5.13 Å². The monoisotopic (exact) mass is 295 g/mol. The molecule has 1 aliphatic carbocycles. The number of fused-ring (bicyclic) bond motifs is 3. The summed E-state index contributed by atoms with van der Waals surface area (Å²) in [5.74, 6) is 0.904. The third-order valence-corrected chi connectivity index (χ3v) is 4.82. The van der Waals surface area contributed by atoms with E-state index < -0.39 is 0 Å². The number of methoxy groups -OCH3 is 1. The van der Waals surface area contributed by atoms with Crippen LogP contribution in [0.2, 0.25) is 0 Å². The molecule has 3 aromatic rings. The molecule has 0 atom stereocenters. The van der Waals surface area contributed by atoms with Gasteiger partial charge in [0.25, 0.3) is 0 Å². The van der Waals surface area contributed by atoms with Gasteiger partial charge in [0.05, 0.1) is 12.0 Å². The molecule has 0 amide bonds. The lowest BCUT2D eigenvalue weighted by atomic mass is 9.99. The number of H-pyrrole nitrogens is 1. The van der Waals surface area contributed by atoms with E-state index in [1.54, 1.807) is 18.4 Å². The van der Waals surface area contributed by atoms with Crippen molar-refractivity contribution in [3.63, 3.8) is 0 Å². The van der Waals surface area contributed by atoms with Gasteiger partial charge in [-0.2, -0.15) is 0 Å². The van der Waals surface area contributed by atoms with Crippen molar-refractivity contribution in [3.8, 4) is 28.1 Å². The van der Waals surface area contributed by atoms with E-state index in [0.717, 1.165) is 22.9 Å². The molecule has 104 valence electrons. The van der Waals surface area contributed by atoms with Crippen LogP contribution in [0.15, 0.2) is 42.5 Å². The number of benzene rings is 2. The maximum absolute atomic E-state index is 5.85. The number of para-hydroxylation sites is 1. The molecule has 0 fully saturated rings. The number of nitrogens with one attached hydrogen (secondary N) is 1. The van der Waals surface area contributed by atoms with E-state index in [9.17, 15) is 0 Å². The molecule has 1 heterocycles. The second kappa shape index (κ2) is 4.60. The molecule has 1 aliphatic rings. The third-order valence-electron chi connectivity index (χ3n) is 3.90. The van der Waals surface area contributed by atoms with Gasteiger partial charge in [-0.1, -0.05) is 35.6 Å². The zero-order chi connectivity index (χ0) is 14.4. The Kier molecular flexibility index (Phi) is 2.72. The van der Waals surface area contributed by atoms with Crippen LogP contribution in [0.25, 0.3) is 22.4 Å². The quantitative estimate of drug-likeness (QED) is 0.616. The summed E-state index contributed by atoms with van der Waals surface area (Å²) in [6.07, 6.45) is 0.950. The second-order valence-electron chi connectivity index (χ2n) is 5.14. The second-order valence-corrected chi connectivity index (χ2v) is 6.28. The lowest BCUT2D eigenvalue weighted by Gasteiger charge is -2.09. The molecule has 3 nitrogen and oxygen atoms in total. The highest BCUT2D eigenvalue weighted by Gasteiger charge is 2.26. The summed E-state index contributed by atoms with van der Waals surface area (Å²) in [6.45, 7) is 0.